The maximum Gasteiger partial charge on any atom is 0.160 e. The highest BCUT2D eigenvalue weighted by Gasteiger charge is 2.14. The molecule has 0 unspecified atom stereocenters. The van der Waals surface area contributed by atoms with Crippen LogP contribution in [0.5, 0.6) is 34.5 Å². The molecule has 0 saturated carbocycles. The molecule has 0 fully saturated rings. The van der Waals surface area contributed by atoms with Gasteiger partial charge in [0.2, 0.25) is 0 Å². The number of rotatable bonds is 24. The highest BCUT2D eigenvalue weighted by atomic mass is 28.2. The molecule has 254 valence electrons. The molecule has 46 heavy (non-hydrogen) atoms. The Hall–Kier alpha value is -2.89. The Morgan fingerprint density at radius 2 is 0.717 bits per heavy atom. The van der Waals surface area contributed by atoms with Gasteiger partial charge in [0.15, 0.2) is 34.5 Å². The molecule has 0 aliphatic rings. The maximum absolute atomic E-state index is 5.69. The minimum atomic E-state index is -0.379. The zero-order valence-electron chi connectivity index (χ0n) is 29.3. The van der Waals surface area contributed by atoms with Crippen molar-refractivity contribution < 1.29 is 28.4 Å². The van der Waals surface area contributed by atoms with Crippen molar-refractivity contribution in [3.05, 3.63) is 54.6 Å². The van der Waals surface area contributed by atoms with Crippen molar-refractivity contribution in [2.75, 3.05) is 42.7 Å². The van der Waals surface area contributed by atoms with Crippen molar-refractivity contribution in [1.82, 2.24) is 0 Å². The monoisotopic (exact) mass is 682 g/mol. The van der Waals surface area contributed by atoms with Crippen LogP contribution in [0.25, 0.3) is 0 Å². The second-order valence-electron chi connectivity index (χ2n) is 12.1. The number of hydrogen-bond acceptors (Lipinski definition) is 6. The van der Waals surface area contributed by atoms with E-state index in [0.29, 0.717) is 0 Å². The van der Waals surface area contributed by atoms with Crippen LogP contribution in [0.2, 0.25) is 18.1 Å². The van der Waals surface area contributed by atoms with Gasteiger partial charge in [-0.1, -0.05) is 112 Å². The van der Waals surface area contributed by atoms with Gasteiger partial charge >= 0.3 is 0 Å². The summed E-state index contributed by atoms with van der Waals surface area (Å²) in [6, 6.07) is 22.9. The van der Waals surface area contributed by atoms with Gasteiger partial charge in [0.1, 0.15) is 0 Å². The molecule has 0 N–H and O–H groups in total. The van der Waals surface area contributed by atoms with Gasteiger partial charge in [-0.2, -0.15) is 0 Å². The molecule has 0 amide bonds. The summed E-state index contributed by atoms with van der Waals surface area (Å²) in [7, 11) is 9.29. The topological polar surface area (TPSA) is 55.4 Å². The van der Waals surface area contributed by atoms with Crippen LogP contribution in [0.1, 0.15) is 57.8 Å². The summed E-state index contributed by atoms with van der Waals surface area (Å²) in [5.41, 5.74) is 0. The molecule has 3 rings (SSSR count). The summed E-state index contributed by atoms with van der Waals surface area (Å²) >= 11 is 0. The number of hydrogen-bond donors (Lipinski definition) is 0. The largest absolute Gasteiger partial charge is 0.493 e. The Labute approximate surface area is 285 Å². The second-order valence-corrected chi connectivity index (χ2v) is 18.0. The molecule has 0 bridgehead atoms. The lowest BCUT2D eigenvalue weighted by molar-refractivity contribution is 0.357. The molecule has 0 heterocycles. The lowest BCUT2D eigenvalue weighted by Crippen LogP contribution is -2.17. The fourth-order valence-electron chi connectivity index (χ4n) is 6.66. The van der Waals surface area contributed by atoms with E-state index in [2.05, 4.69) is 36.4 Å². The third kappa shape index (κ3) is 11.7. The zero-order chi connectivity index (χ0) is 33.0. The van der Waals surface area contributed by atoms with Gasteiger partial charge < -0.3 is 28.4 Å². The summed E-state index contributed by atoms with van der Waals surface area (Å²) in [6.07, 6.45) is 12.0. The van der Waals surface area contributed by atoms with Crippen molar-refractivity contribution in [2.24, 2.45) is 5.92 Å². The maximum atomic E-state index is 5.69. The first kappa shape index (κ1) is 37.6. The van der Waals surface area contributed by atoms with Crippen molar-refractivity contribution >= 4 is 44.1 Å². The Kier molecular flexibility index (Phi) is 17.8. The Morgan fingerprint density at radius 1 is 0.413 bits per heavy atom. The average molecular weight is 683 g/mol. The Morgan fingerprint density at radius 3 is 0.978 bits per heavy atom. The normalized spacial score (nSPS) is 12.4. The van der Waals surface area contributed by atoms with Gasteiger partial charge in [-0.15, -0.1) is 0 Å². The van der Waals surface area contributed by atoms with E-state index < -0.39 is 0 Å². The smallest absolute Gasteiger partial charge is 0.160 e. The van der Waals surface area contributed by atoms with Crippen LogP contribution in [0, 0.1) is 5.92 Å². The van der Waals surface area contributed by atoms with E-state index in [1.165, 1.54) is 91.5 Å². The van der Waals surface area contributed by atoms with Gasteiger partial charge in [-0.25, -0.2) is 0 Å². The fourth-order valence-corrected chi connectivity index (χ4v) is 12.2. The number of unbranched alkanes of at least 4 members (excludes halogenated alkanes) is 3. The highest BCUT2D eigenvalue weighted by molar-refractivity contribution is 6.55. The predicted octanol–water partition coefficient (Wildman–Crippen LogP) is 4.90. The number of para-hydroxylation sites is 3. The van der Waals surface area contributed by atoms with Crippen LogP contribution in [0.4, 0.5) is 0 Å². The third-order valence-corrected chi connectivity index (χ3v) is 15.0. The summed E-state index contributed by atoms with van der Waals surface area (Å²) in [6.45, 7) is 0. The number of methoxy groups -OCH3 is 6. The van der Waals surface area contributed by atoms with Crippen LogP contribution in [0.15, 0.2) is 54.6 Å². The first-order valence-corrected chi connectivity index (χ1v) is 22.3. The fraction of sp³-hybridized carbons (Fsp3) is 0.514. The summed E-state index contributed by atoms with van der Waals surface area (Å²) in [5.74, 6) is 6.23. The van der Waals surface area contributed by atoms with Crippen LogP contribution in [0.3, 0.4) is 0 Å². The molecule has 0 aromatic heterocycles. The van der Waals surface area contributed by atoms with E-state index >= 15 is 0 Å². The van der Waals surface area contributed by atoms with E-state index in [9.17, 15) is 0 Å². The molecule has 0 aliphatic heterocycles. The van der Waals surface area contributed by atoms with Crippen molar-refractivity contribution in [1.29, 1.82) is 0 Å². The minimum Gasteiger partial charge on any atom is -0.493 e. The molecule has 3 aromatic carbocycles. The van der Waals surface area contributed by atoms with Gasteiger partial charge in [-0.05, 0) is 39.7 Å². The van der Waals surface area contributed by atoms with Gasteiger partial charge in [0.25, 0.3) is 0 Å². The number of benzene rings is 3. The average Bonchev–Trinajstić information content (AvgIpc) is 3.09. The molecule has 0 saturated heterocycles. The van der Waals surface area contributed by atoms with Crippen LogP contribution in [-0.4, -0.2) is 71.2 Å². The first-order valence-electron chi connectivity index (χ1n) is 17.2. The molecule has 0 aliphatic carbocycles. The SMILES string of the molecule is COc1cccc([SiH2]CCCCC(CCCC[SiH2]c2cccc(OC)c2OC)CCCC[SiH2]c2cccc(OC)c2OC)c1OC. The standard InChI is InChI=1S/C37H58O6Si3/c1-38-29-19-13-22-32(35(29)41-4)44-25-10-7-16-28(17-8-11-26-45-33-23-14-20-30(39-2)36(33)42-5)18-9-12-27-46-34-24-15-21-31(40-3)37(34)43-6/h13-15,19-24,28H,7-12,16-18,25-27,44-46H2,1-6H3. The Bertz CT molecular complexity index is 1130. The summed E-state index contributed by atoms with van der Waals surface area (Å²) in [4.78, 5) is 0. The highest BCUT2D eigenvalue weighted by Crippen LogP contribution is 2.27. The van der Waals surface area contributed by atoms with Crippen LogP contribution >= 0.6 is 0 Å². The first-order chi connectivity index (χ1) is 22.6. The molecular formula is C37H58O6Si3. The van der Waals surface area contributed by atoms with E-state index in [4.69, 9.17) is 28.4 Å². The van der Waals surface area contributed by atoms with Gasteiger partial charge in [0.05, 0.1) is 71.2 Å². The minimum absolute atomic E-state index is 0.379. The molecular weight excluding hydrogens is 625 g/mol. The third-order valence-electron chi connectivity index (χ3n) is 9.13. The van der Waals surface area contributed by atoms with E-state index in [0.717, 1.165) is 40.4 Å². The van der Waals surface area contributed by atoms with Crippen LogP contribution in [-0.2, 0) is 0 Å². The second kappa shape index (κ2) is 21.8. The summed E-state index contributed by atoms with van der Waals surface area (Å²) < 4.78 is 33.6. The molecule has 0 spiro atoms. The molecule has 3 aromatic rings. The van der Waals surface area contributed by atoms with E-state index in [1.807, 2.05) is 18.2 Å². The molecule has 9 heteroatoms. The lowest BCUT2D eigenvalue weighted by Gasteiger charge is -2.18. The van der Waals surface area contributed by atoms with Crippen LogP contribution < -0.4 is 44.0 Å². The van der Waals surface area contributed by atoms with Gasteiger partial charge in [0, 0.05) is 0 Å². The predicted molar refractivity (Wildman–Crippen MR) is 203 cm³/mol. The molecule has 0 atom stereocenters. The van der Waals surface area contributed by atoms with E-state index in [1.54, 1.807) is 42.7 Å². The molecule has 0 radical (unpaired) electrons. The zero-order valence-corrected chi connectivity index (χ0v) is 33.6. The molecule has 6 nitrogen and oxygen atoms in total. The lowest BCUT2D eigenvalue weighted by atomic mass is 9.91. The van der Waals surface area contributed by atoms with Crippen molar-refractivity contribution in [3.63, 3.8) is 0 Å². The van der Waals surface area contributed by atoms with Crippen molar-refractivity contribution in [3.8, 4) is 34.5 Å². The number of ether oxygens (including phenoxy) is 6. The van der Waals surface area contributed by atoms with Crippen molar-refractivity contribution in [2.45, 2.75) is 75.9 Å². The summed E-state index contributed by atoms with van der Waals surface area (Å²) in [5, 5.41) is 4.14. The van der Waals surface area contributed by atoms with E-state index in [-0.39, 0.29) is 28.6 Å². The quantitative estimate of drug-likeness (QED) is 0.0991. The van der Waals surface area contributed by atoms with Gasteiger partial charge in [-0.3, -0.25) is 0 Å². The Balaban J connectivity index is 1.46.